The van der Waals surface area contributed by atoms with Crippen LogP contribution in [0.4, 0.5) is 11.4 Å². The smallest absolute Gasteiger partial charge is 0.288 e. The van der Waals surface area contributed by atoms with Crippen molar-refractivity contribution in [3.05, 3.63) is 66.2 Å². The second-order valence-electron chi connectivity index (χ2n) is 4.79. The van der Waals surface area contributed by atoms with Crippen molar-refractivity contribution >= 4 is 45.6 Å². The Bertz CT molecular complexity index is 674. The van der Waals surface area contributed by atoms with Gasteiger partial charge in [-0.2, -0.15) is 0 Å². The standard InChI is InChI=1S/C15H14ClIN2O2/c1-9-7-15(19(20)21)13(16)8-14(9)18-10(2)11-3-5-12(17)6-4-11/h3-8,10,18H,1-2H3. The summed E-state index contributed by atoms with van der Waals surface area (Å²) in [6.07, 6.45) is 0. The van der Waals surface area contributed by atoms with Gasteiger partial charge in [0, 0.05) is 21.4 Å². The summed E-state index contributed by atoms with van der Waals surface area (Å²) in [6.45, 7) is 3.86. The lowest BCUT2D eigenvalue weighted by molar-refractivity contribution is -0.384. The third kappa shape index (κ3) is 3.85. The van der Waals surface area contributed by atoms with Gasteiger partial charge in [0.25, 0.3) is 5.69 Å². The van der Waals surface area contributed by atoms with E-state index in [0.717, 1.165) is 16.8 Å². The second kappa shape index (κ2) is 6.62. The predicted octanol–water partition coefficient (Wildman–Crippen LogP) is 5.33. The molecule has 21 heavy (non-hydrogen) atoms. The van der Waals surface area contributed by atoms with Crippen molar-refractivity contribution in [2.45, 2.75) is 19.9 Å². The van der Waals surface area contributed by atoms with E-state index < -0.39 is 4.92 Å². The summed E-state index contributed by atoms with van der Waals surface area (Å²) < 4.78 is 1.18. The summed E-state index contributed by atoms with van der Waals surface area (Å²) in [5.41, 5.74) is 2.67. The maximum absolute atomic E-state index is 10.9. The van der Waals surface area contributed by atoms with Crippen LogP contribution in [-0.2, 0) is 0 Å². The van der Waals surface area contributed by atoms with Crippen molar-refractivity contribution in [2.75, 3.05) is 5.32 Å². The maximum atomic E-state index is 10.9. The predicted molar refractivity (Wildman–Crippen MR) is 94.0 cm³/mol. The number of benzene rings is 2. The van der Waals surface area contributed by atoms with Gasteiger partial charge in [-0.15, -0.1) is 0 Å². The van der Waals surface area contributed by atoms with E-state index in [4.69, 9.17) is 11.6 Å². The zero-order valence-electron chi connectivity index (χ0n) is 11.6. The number of hydrogen-bond donors (Lipinski definition) is 1. The highest BCUT2D eigenvalue weighted by atomic mass is 127. The zero-order valence-corrected chi connectivity index (χ0v) is 14.5. The van der Waals surface area contributed by atoms with E-state index >= 15 is 0 Å². The third-order valence-electron chi connectivity index (χ3n) is 3.23. The fourth-order valence-electron chi connectivity index (χ4n) is 2.03. The lowest BCUT2D eigenvalue weighted by atomic mass is 10.1. The summed E-state index contributed by atoms with van der Waals surface area (Å²) in [6, 6.07) is 11.4. The van der Waals surface area contributed by atoms with Gasteiger partial charge in [-0.05, 0) is 65.8 Å². The molecule has 0 aliphatic heterocycles. The van der Waals surface area contributed by atoms with Crippen LogP contribution in [0.5, 0.6) is 0 Å². The van der Waals surface area contributed by atoms with Gasteiger partial charge >= 0.3 is 0 Å². The molecule has 4 nitrogen and oxygen atoms in total. The van der Waals surface area contributed by atoms with E-state index in [1.54, 1.807) is 6.07 Å². The molecule has 0 saturated heterocycles. The lowest BCUT2D eigenvalue weighted by Crippen LogP contribution is -2.08. The molecule has 0 aliphatic rings. The molecular formula is C15H14ClIN2O2. The molecule has 0 spiro atoms. The molecule has 110 valence electrons. The molecule has 1 atom stereocenters. The molecule has 0 amide bonds. The minimum Gasteiger partial charge on any atom is -0.378 e. The Morgan fingerprint density at radius 3 is 2.48 bits per heavy atom. The van der Waals surface area contributed by atoms with Gasteiger partial charge in [-0.1, -0.05) is 23.7 Å². The summed E-state index contributed by atoms with van der Waals surface area (Å²) in [4.78, 5) is 10.4. The minimum absolute atomic E-state index is 0.0679. The van der Waals surface area contributed by atoms with Gasteiger partial charge in [0.15, 0.2) is 0 Å². The topological polar surface area (TPSA) is 55.2 Å². The zero-order chi connectivity index (χ0) is 15.6. The van der Waals surface area contributed by atoms with Crippen molar-refractivity contribution in [2.24, 2.45) is 0 Å². The molecule has 6 heteroatoms. The Kier molecular flexibility index (Phi) is 5.05. The van der Waals surface area contributed by atoms with Gasteiger partial charge in [0.1, 0.15) is 5.02 Å². The van der Waals surface area contributed by atoms with Crippen molar-refractivity contribution in [1.29, 1.82) is 0 Å². The fraction of sp³-hybridized carbons (Fsp3) is 0.200. The lowest BCUT2D eigenvalue weighted by Gasteiger charge is -2.18. The molecule has 2 rings (SSSR count). The minimum atomic E-state index is -0.471. The molecule has 1 N–H and O–H groups in total. The maximum Gasteiger partial charge on any atom is 0.288 e. The summed E-state index contributed by atoms with van der Waals surface area (Å²) in [7, 11) is 0. The number of halogens is 2. The van der Waals surface area contributed by atoms with Crippen LogP contribution < -0.4 is 5.32 Å². The van der Waals surface area contributed by atoms with Crippen LogP contribution in [0.3, 0.4) is 0 Å². The Morgan fingerprint density at radius 1 is 1.29 bits per heavy atom. The van der Waals surface area contributed by atoms with Gasteiger partial charge in [0.05, 0.1) is 4.92 Å². The number of hydrogen-bond acceptors (Lipinski definition) is 3. The Balaban J connectivity index is 2.25. The molecule has 0 fully saturated rings. The van der Waals surface area contributed by atoms with Gasteiger partial charge < -0.3 is 5.32 Å². The molecular weight excluding hydrogens is 403 g/mol. The molecule has 0 bridgehead atoms. The van der Waals surface area contributed by atoms with E-state index in [-0.39, 0.29) is 16.8 Å². The van der Waals surface area contributed by atoms with Crippen LogP contribution in [0.2, 0.25) is 5.02 Å². The number of nitro benzene ring substituents is 1. The number of nitrogens with one attached hydrogen (secondary N) is 1. The van der Waals surface area contributed by atoms with E-state index in [0.29, 0.717) is 0 Å². The third-order valence-corrected chi connectivity index (χ3v) is 4.25. The van der Waals surface area contributed by atoms with Crippen LogP contribution in [0.15, 0.2) is 36.4 Å². The highest BCUT2D eigenvalue weighted by Gasteiger charge is 2.16. The average molecular weight is 417 g/mol. The summed E-state index contributed by atoms with van der Waals surface area (Å²) in [5.74, 6) is 0. The molecule has 0 aromatic heterocycles. The first-order valence-corrected chi connectivity index (χ1v) is 7.80. The van der Waals surface area contributed by atoms with Gasteiger partial charge in [0.2, 0.25) is 0 Å². The monoisotopic (exact) mass is 416 g/mol. The van der Waals surface area contributed by atoms with Crippen LogP contribution in [0.1, 0.15) is 24.1 Å². The highest BCUT2D eigenvalue weighted by Crippen LogP contribution is 2.32. The Labute approximate surface area is 141 Å². The first-order chi connectivity index (χ1) is 9.88. The van der Waals surface area contributed by atoms with Crippen LogP contribution in [-0.4, -0.2) is 4.92 Å². The molecule has 0 aliphatic carbocycles. The van der Waals surface area contributed by atoms with Crippen molar-refractivity contribution in [1.82, 2.24) is 0 Å². The Morgan fingerprint density at radius 2 is 1.90 bits per heavy atom. The van der Waals surface area contributed by atoms with Crippen molar-refractivity contribution < 1.29 is 4.92 Å². The summed E-state index contributed by atoms with van der Waals surface area (Å²) >= 11 is 8.23. The molecule has 0 heterocycles. The number of anilines is 1. The number of nitro groups is 1. The molecule has 1 unspecified atom stereocenters. The van der Waals surface area contributed by atoms with Crippen LogP contribution in [0, 0.1) is 20.6 Å². The number of nitrogens with zero attached hydrogens (tertiary/aromatic N) is 1. The number of rotatable bonds is 4. The first kappa shape index (κ1) is 16.0. The largest absolute Gasteiger partial charge is 0.378 e. The fourth-order valence-corrected chi connectivity index (χ4v) is 2.62. The van der Waals surface area contributed by atoms with E-state index in [9.17, 15) is 10.1 Å². The molecule has 0 saturated carbocycles. The quantitative estimate of drug-likeness (QED) is 0.416. The number of aryl methyl sites for hydroxylation is 1. The molecule has 2 aromatic rings. The Hall–Kier alpha value is -1.34. The van der Waals surface area contributed by atoms with Gasteiger partial charge in [-0.25, -0.2) is 0 Å². The normalized spacial score (nSPS) is 12.0. The highest BCUT2D eigenvalue weighted by molar-refractivity contribution is 14.1. The van der Waals surface area contributed by atoms with Crippen LogP contribution >= 0.6 is 34.2 Å². The SMILES string of the molecule is Cc1cc([N+](=O)[O-])c(Cl)cc1NC(C)c1ccc(I)cc1. The van der Waals surface area contributed by atoms with Crippen molar-refractivity contribution in [3.63, 3.8) is 0 Å². The van der Waals surface area contributed by atoms with E-state index in [2.05, 4.69) is 40.0 Å². The molecule has 0 radical (unpaired) electrons. The first-order valence-electron chi connectivity index (χ1n) is 6.35. The van der Waals surface area contributed by atoms with E-state index in [1.807, 2.05) is 26.0 Å². The molecule has 2 aromatic carbocycles. The second-order valence-corrected chi connectivity index (χ2v) is 6.45. The average Bonchev–Trinajstić information content (AvgIpc) is 2.42. The van der Waals surface area contributed by atoms with Crippen molar-refractivity contribution in [3.8, 4) is 0 Å². The van der Waals surface area contributed by atoms with E-state index in [1.165, 1.54) is 9.64 Å². The van der Waals surface area contributed by atoms with Gasteiger partial charge in [-0.3, -0.25) is 10.1 Å². The van der Waals surface area contributed by atoms with Crippen LogP contribution in [0.25, 0.3) is 0 Å². The summed E-state index contributed by atoms with van der Waals surface area (Å²) in [5, 5.41) is 14.3.